The van der Waals surface area contributed by atoms with E-state index in [9.17, 15) is 4.79 Å². The van der Waals surface area contributed by atoms with Gasteiger partial charge in [0.25, 0.3) is 0 Å². The van der Waals surface area contributed by atoms with Crippen LogP contribution >= 0.6 is 0 Å². The van der Waals surface area contributed by atoms with Crippen LogP contribution in [-0.2, 0) is 6.54 Å². The minimum atomic E-state index is 0.0895. The third-order valence-corrected chi connectivity index (χ3v) is 3.09. The van der Waals surface area contributed by atoms with Crippen molar-refractivity contribution >= 4 is 6.03 Å². The number of nitrogens with one attached hydrogen (secondary N) is 2. The molecule has 0 unspecified atom stereocenters. The zero-order valence-corrected chi connectivity index (χ0v) is 10.8. The molecule has 1 aromatic rings. The maximum atomic E-state index is 11.7. The number of hydrogen-bond acceptors (Lipinski definition) is 5. The van der Waals surface area contributed by atoms with Gasteiger partial charge < -0.3 is 15.1 Å². The summed E-state index contributed by atoms with van der Waals surface area (Å²) in [6, 6.07) is 0.501. The van der Waals surface area contributed by atoms with E-state index in [0.717, 1.165) is 25.9 Å². The summed E-state index contributed by atoms with van der Waals surface area (Å²) >= 11 is 0. The summed E-state index contributed by atoms with van der Waals surface area (Å²) in [5.41, 5.74) is 0. The Morgan fingerprint density at radius 2 is 2.22 bits per heavy atom. The van der Waals surface area contributed by atoms with Gasteiger partial charge in [-0.05, 0) is 12.8 Å². The number of rotatable bonds is 3. The van der Waals surface area contributed by atoms with Gasteiger partial charge in [-0.25, -0.2) is 4.79 Å². The number of urea groups is 1. The van der Waals surface area contributed by atoms with E-state index in [2.05, 4.69) is 25.9 Å². The van der Waals surface area contributed by atoms with Gasteiger partial charge in [0.1, 0.15) is 0 Å². The average molecular weight is 253 g/mol. The van der Waals surface area contributed by atoms with Gasteiger partial charge in [0, 0.05) is 33.2 Å². The van der Waals surface area contributed by atoms with E-state index >= 15 is 0 Å². The molecule has 0 bridgehead atoms. The first kappa shape index (κ1) is 12.7. The van der Waals surface area contributed by atoms with Crippen LogP contribution in [0.4, 0.5) is 4.79 Å². The Morgan fingerprint density at radius 3 is 2.78 bits per heavy atom. The molecule has 0 spiro atoms. The Labute approximate surface area is 106 Å². The lowest BCUT2D eigenvalue weighted by Crippen LogP contribution is -2.47. The number of hydrogen-bond donors (Lipinski definition) is 2. The maximum absolute atomic E-state index is 11.7. The highest BCUT2D eigenvalue weighted by Crippen LogP contribution is 2.11. The molecule has 1 aromatic heterocycles. The number of amides is 2. The first-order valence-corrected chi connectivity index (χ1v) is 6.08. The van der Waals surface area contributed by atoms with E-state index in [4.69, 9.17) is 0 Å². The molecule has 8 nitrogen and oxygen atoms in total. The number of carbonyl (C=O) groups excluding carboxylic acids is 1. The fraction of sp³-hybridized carbons (Fsp3) is 0.800. The number of H-pyrrole nitrogens is 1. The van der Waals surface area contributed by atoms with Gasteiger partial charge in [0.15, 0.2) is 5.82 Å². The first-order valence-electron chi connectivity index (χ1n) is 6.08. The number of tetrazole rings is 1. The molecule has 0 saturated carbocycles. The van der Waals surface area contributed by atoms with Crippen molar-refractivity contribution in [2.75, 3.05) is 27.2 Å². The van der Waals surface area contributed by atoms with Crippen LogP contribution in [0.15, 0.2) is 0 Å². The number of likely N-dealkylation sites (tertiary alicyclic amines) is 1. The van der Waals surface area contributed by atoms with Gasteiger partial charge in [-0.1, -0.05) is 5.21 Å². The maximum Gasteiger partial charge on any atom is 0.319 e. The van der Waals surface area contributed by atoms with E-state index < -0.39 is 0 Å². The Morgan fingerprint density at radius 1 is 1.50 bits per heavy atom. The number of piperidine rings is 1. The monoisotopic (exact) mass is 253 g/mol. The molecule has 1 aliphatic rings. The van der Waals surface area contributed by atoms with Gasteiger partial charge >= 0.3 is 6.03 Å². The third-order valence-electron chi connectivity index (χ3n) is 3.09. The van der Waals surface area contributed by atoms with Crippen LogP contribution in [0.2, 0.25) is 0 Å². The minimum Gasteiger partial charge on any atom is -0.331 e. The lowest BCUT2D eigenvalue weighted by Gasteiger charge is -2.33. The van der Waals surface area contributed by atoms with Crippen molar-refractivity contribution in [2.45, 2.75) is 25.4 Å². The van der Waals surface area contributed by atoms with Crippen molar-refractivity contribution in [1.29, 1.82) is 0 Å². The predicted octanol–water partition coefficient (Wildman–Crippen LogP) is -0.565. The molecule has 0 aromatic carbocycles. The Kier molecular flexibility index (Phi) is 4.08. The van der Waals surface area contributed by atoms with Crippen molar-refractivity contribution in [2.24, 2.45) is 0 Å². The minimum absolute atomic E-state index is 0.0895. The van der Waals surface area contributed by atoms with Crippen LogP contribution < -0.4 is 5.32 Å². The van der Waals surface area contributed by atoms with Gasteiger partial charge in [-0.3, -0.25) is 0 Å². The summed E-state index contributed by atoms with van der Waals surface area (Å²) in [4.78, 5) is 15.2. The molecule has 8 heteroatoms. The van der Waals surface area contributed by atoms with Gasteiger partial charge in [0.2, 0.25) is 0 Å². The molecule has 1 saturated heterocycles. The fourth-order valence-corrected chi connectivity index (χ4v) is 2.05. The summed E-state index contributed by atoms with van der Waals surface area (Å²) in [5, 5.41) is 17.1. The SMILES string of the molecule is CN(C)C(=O)N1CCC(NCc2nn[nH]n2)CC1. The topological polar surface area (TPSA) is 90.0 Å². The second-order valence-corrected chi connectivity index (χ2v) is 4.65. The summed E-state index contributed by atoms with van der Waals surface area (Å²) in [5.74, 6) is 0.668. The molecule has 2 N–H and O–H groups in total. The summed E-state index contributed by atoms with van der Waals surface area (Å²) in [6.45, 7) is 2.20. The molecule has 18 heavy (non-hydrogen) atoms. The number of aromatic nitrogens is 4. The molecule has 0 aliphatic carbocycles. The third kappa shape index (κ3) is 3.16. The normalized spacial score (nSPS) is 16.9. The van der Waals surface area contributed by atoms with Crippen molar-refractivity contribution in [3.05, 3.63) is 5.82 Å². The second kappa shape index (κ2) is 5.76. The first-order chi connectivity index (χ1) is 8.66. The van der Waals surface area contributed by atoms with Crippen molar-refractivity contribution in [1.82, 2.24) is 35.7 Å². The molecule has 0 radical (unpaired) electrons. The Balaban J connectivity index is 1.72. The number of aromatic amines is 1. The highest BCUT2D eigenvalue weighted by Gasteiger charge is 2.23. The summed E-state index contributed by atoms with van der Waals surface area (Å²) < 4.78 is 0. The molecule has 100 valence electrons. The Hall–Kier alpha value is -1.70. The van der Waals surface area contributed by atoms with E-state index in [1.54, 1.807) is 19.0 Å². The van der Waals surface area contributed by atoms with Crippen LogP contribution in [-0.4, -0.2) is 69.7 Å². The molecule has 1 aliphatic heterocycles. The zero-order chi connectivity index (χ0) is 13.0. The molecule has 1 fully saturated rings. The summed E-state index contributed by atoms with van der Waals surface area (Å²) in [7, 11) is 3.56. The molecule has 2 amide bonds. The highest BCUT2D eigenvalue weighted by molar-refractivity contribution is 5.73. The summed E-state index contributed by atoms with van der Waals surface area (Å²) in [6.07, 6.45) is 1.91. The van der Waals surface area contributed by atoms with Crippen molar-refractivity contribution < 1.29 is 4.79 Å². The Bertz CT molecular complexity index is 370. The average Bonchev–Trinajstić information content (AvgIpc) is 2.89. The van der Waals surface area contributed by atoms with E-state index in [1.165, 1.54) is 0 Å². The van der Waals surface area contributed by atoms with Gasteiger partial charge in [-0.2, -0.15) is 5.21 Å². The lowest BCUT2D eigenvalue weighted by molar-refractivity contribution is 0.152. The van der Waals surface area contributed by atoms with Crippen LogP contribution in [0.3, 0.4) is 0 Å². The van der Waals surface area contributed by atoms with Crippen molar-refractivity contribution in [3.8, 4) is 0 Å². The van der Waals surface area contributed by atoms with E-state index in [1.807, 2.05) is 4.90 Å². The molecular formula is C10H19N7O. The standard InChI is InChI=1S/C10H19N7O/c1-16(2)10(18)17-5-3-8(4-6-17)11-7-9-12-14-15-13-9/h8,11H,3-7H2,1-2H3,(H,12,13,14,15). The van der Waals surface area contributed by atoms with Crippen LogP contribution in [0.5, 0.6) is 0 Å². The number of nitrogens with zero attached hydrogens (tertiary/aromatic N) is 5. The van der Waals surface area contributed by atoms with Gasteiger partial charge in [0.05, 0.1) is 6.54 Å². The molecule has 2 rings (SSSR count). The van der Waals surface area contributed by atoms with E-state index in [-0.39, 0.29) is 6.03 Å². The van der Waals surface area contributed by atoms with E-state index in [0.29, 0.717) is 18.4 Å². The zero-order valence-electron chi connectivity index (χ0n) is 10.8. The van der Waals surface area contributed by atoms with Gasteiger partial charge in [-0.15, -0.1) is 10.2 Å². The molecule has 0 atom stereocenters. The number of carbonyl (C=O) groups is 1. The van der Waals surface area contributed by atoms with Crippen molar-refractivity contribution in [3.63, 3.8) is 0 Å². The molecule has 2 heterocycles. The predicted molar refractivity (Wildman–Crippen MR) is 64.7 cm³/mol. The highest BCUT2D eigenvalue weighted by atomic mass is 16.2. The fourth-order valence-electron chi connectivity index (χ4n) is 2.05. The lowest BCUT2D eigenvalue weighted by atomic mass is 10.1. The van der Waals surface area contributed by atoms with Crippen LogP contribution in [0.1, 0.15) is 18.7 Å². The van der Waals surface area contributed by atoms with Crippen LogP contribution in [0.25, 0.3) is 0 Å². The molecular weight excluding hydrogens is 234 g/mol. The van der Waals surface area contributed by atoms with Crippen LogP contribution in [0, 0.1) is 0 Å². The quantitative estimate of drug-likeness (QED) is 0.753. The smallest absolute Gasteiger partial charge is 0.319 e. The second-order valence-electron chi connectivity index (χ2n) is 4.65. The largest absolute Gasteiger partial charge is 0.331 e.